The number of hydrogen-bond acceptors (Lipinski definition) is 2. The minimum atomic E-state index is -0.0900. The molecule has 1 aromatic rings. The first-order valence-corrected chi connectivity index (χ1v) is 7.69. The summed E-state index contributed by atoms with van der Waals surface area (Å²) in [6.45, 7) is 4.15. The summed E-state index contributed by atoms with van der Waals surface area (Å²) in [5.74, 6) is 0.207. The maximum absolute atomic E-state index is 12.2. The molecule has 0 radical (unpaired) electrons. The molecule has 3 nitrogen and oxygen atoms in total. The molecule has 1 amide bonds. The number of hydrogen-bond donors (Lipinski definition) is 2. The van der Waals surface area contributed by atoms with Crippen LogP contribution in [-0.2, 0) is 0 Å². The topological polar surface area (TPSA) is 49.3 Å². The summed E-state index contributed by atoms with van der Waals surface area (Å²) in [6, 6.07) is 5.62. The van der Waals surface area contributed by atoms with Gasteiger partial charge in [0.05, 0.1) is 5.56 Å². The van der Waals surface area contributed by atoms with E-state index in [1.807, 2.05) is 32.0 Å². The van der Waals surface area contributed by atoms with Gasteiger partial charge in [0.1, 0.15) is 0 Å². The largest absolute Gasteiger partial charge is 0.396 e. The lowest BCUT2D eigenvalue weighted by atomic mass is 10.0. The summed E-state index contributed by atoms with van der Waals surface area (Å²) in [5, 5.41) is 12.0. The van der Waals surface area contributed by atoms with Crippen LogP contribution < -0.4 is 5.32 Å². The summed E-state index contributed by atoms with van der Waals surface area (Å²) >= 11 is 5.51. The van der Waals surface area contributed by atoms with Gasteiger partial charge >= 0.3 is 0 Å². The average molecular weight is 426 g/mol. The zero-order valence-corrected chi connectivity index (χ0v) is 14.2. The van der Waals surface area contributed by atoms with Gasteiger partial charge in [-0.1, -0.05) is 29.8 Å². The van der Waals surface area contributed by atoms with Gasteiger partial charge in [-0.3, -0.25) is 4.79 Å². The monoisotopic (exact) mass is 425 g/mol. The van der Waals surface area contributed by atoms with Gasteiger partial charge in [0, 0.05) is 20.7 Å². The van der Waals surface area contributed by atoms with E-state index in [-0.39, 0.29) is 18.6 Å². The molecule has 2 N–H and O–H groups in total. The molecule has 1 unspecified atom stereocenters. The van der Waals surface area contributed by atoms with Crippen molar-refractivity contribution in [2.24, 2.45) is 5.92 Å². The van der Waals surface area contributed by atoms with E-state index in [9.17, 15) is 4.79 Å². The van der Waals surface area contributed by atoms with Crippen LogP contribution in [0.2, 0.25) is 0 Å². The molecule has 0 aliphatic heterocycles. The molecule has 0 fully saturated rings. The molecule has 0 saturated carbocycles. The Morgan fingerprint density at radius 3 is 2.72 bits per heavy atom. The molecule has 100 valence electrons. The predicted octanol–water partition coefficient (Wildman–Crippen LogP) is 3.19. The first-order chi connectivity index (χ1) is 8.45. The number of benzene rings is 1. The fourth-order valence-electron chi connectivity index (χ4n) is 1.63. The van der Waals surface area contributed by atoms with E-state index in [0.717, 1.165) is 8.04 Å². The highest BCUT2D eigenvalue weighted by Crippen LogP contribution is 2.19. The predicted molar refractivity (Wildman–Crippen MR) is 84.7 cm³/mol. The maximum atomic E-state index is 12.2. The second-order valence-corrected chi connectivity index (χ2v) is 6.54. The first kappa shape index (κ1) is 15.9. The summed E-state index contributed by atoms with van der Waals surface area (Å²) in [6.07, 6.45) is 0.577. The molecule has 1 aromatic carbocycles. The summed E-state index contributed by atoms with van der Waals surface area (Å²) in [4.78, 5) is 12.2. The summed E-state index contributed by atoms with van der Waals surface area (Å²) in [7, 11) is 0. The second kappa shape index (κ2) is 7.45. The molecule has 0 spiro atoms. The standard InChI is InChI=1S/C13H17BrINO2/c1-8(2)12(5-6-17)16-13(18)10-7-9(14)3-4-11(10)15/h3-4,7-8,12,17H,5-6H2,1-2H3,(H,16,18). The molecule has 0 aliphatic carbocycles. The fourth-order valence-corrected chi connectivity index (χ4v) is 2.57. The van der Waals surface area contributed by atoms with Gasteiger partial charge in [0.15, 0.2) is 0 Å². The van der Waals surface area contributed by atoms with Crippen molar-refractivity contribution in [2.45, 2.75) is 26.3 Å². The van der Waals surface area contributed by atoms with Crippen molar-refractivity contribution >= 4 is 44.4 Å². The Morgan fingerprint density at radius 2 is 2.17 bits per heavy atom. The third-order valence-electron chi connectivity index (χ3n) is 2.73. The number of amides is 1. The van der Waals surface area contributed by atoms with Crippen LogP contribution in [0, 0.1) is 9.49 Å². The van der Waals surface area contributed by atoms with E-state index in [2.05, 4.69) is 43.8 Å². The van der Waals surface area contributed by atoms with Crippen molar-refractivity contribution in [3.8, 4) is 0 Å². The van der Waals surface area contributed by atoms with Crippen LogP contribution >= 0.6 is 38.5 Å². The molecule has 1 atom stereocenters. The SMILES string of the molecule is CC(C)C(CCO)NC(=O)c1cc(Br)ccc1I. The van der Waals surface area contributed by atoms with Gasteiger partial charge in [0.25, 0.3) is 5.91 Å². The zero-order chi connectivity index (χ0) is 13.7. The Kier molecular flexibility index (Phi) is 6.59. The van der Waals surface area contributed by atoms with E-state index < -0.39 is 0 Å². The summed E-state index contributed by atoms with van der Waals surface area (Å²) in [5.41, 5.74) is 0.661. The molecular weight excluding hydrogens is 409 g/mol. The quantitative estimate of drug-likeness (QED) is 0.711. The zero-order valence-electron chi connectivity index (χ0n) is 10.4. The number of nitrogens with one attached hydrogen (secondary N) is 1. The summed E-state index contributed by atoms with van der Waals surface area (Å²) < 4.78 is 1.80. The Bertz CT molecular complexity index is 423. The first-order valence-electron chi connectivity index (χ1n) is 5.82. The van der Waals surface area contributed by atoms with Gasteiger partial charge in [-0.2, -0.15) is 0 Å². The molecule has 0 aliphatic rings. The Balaban J connectivity index is 2.83. The van der Waals surface area contributed by atoms with Gasteiger partial charge in [-0.25, -0.2) is 0 Å². The Morgan fingerprint density at radius 1 is 1.50 bits per heavy atom. The van der Waals surface area contributed by atoms with E-state index in [1.165, 1.54) is 0 Å². The van der Waals surface area contributed by atoms with E-state index >= 15 is 0 Å². The molecule has 0 saturated heterocycles. The molecule has 0 aromatic heterocycles. The normalized spacial score (nSPS) is 12.6. The smallest absolute Gasteiger partial charge is 0.252 e. The number of aliphatic hydroxyl groups excluding tert-OH is 1. The van der Waals surface area contributed by atoms with Crippen molar-refractivity contribution in [1.82, 2.24) is 5.32 Å². The number of carbonyl (C=O) groups excluding carboxylic acids is 1. The molecule has 5 heteroatoms. The minimum absolute atomic E-state index is 0.00252. The van der Waals surface area contributed by atoms with Crippen LogP contribution in [0.15, 0.2) is 22.7 Å². The lowest BCUT2D eigenvalue weighted by Gasteiger charge is -2.21. The number of aliphatic hydroxyl groups is 1. The molecule has 1 rings (SSSR count). The van der Waals surface area contributed by atoms with Crippen LogP contribution in [-0.4, -0.2) is 23.7 Å². The Labute approximate surface area is 130 Å². The van der Waals surface area contributed by atoms with Crippen LogP contribution in [0.1, 0.15) is 30.6 Å². The molecule has 0 heterocycles. The molecule has 0 bridgehead atoms. The van der Waals surface area contributed by atoms with Crippen LogP contribution in [0.5, 0.6) is 0 Å². The van der Waals surface area contributed by atoms with E-state index in [0.29, 0.717) is 17.9 Å². The van der Waals surface area contributed by atoms with E-state index in [1.54, 1.807) is 0 Å². The van der Waals surface area contributed by atoms with Crippen molar-refractivity contribution in [1.29, 1.82) is 0 Å². The third-order valence-corrected chi connectivity index (χ3v) is 4.17. The van der Waals surface area contributed by atoms with Gasteiger partial charge < -0.3 is 10.4 Å². The van der Waals surface area contributed by atoms with Gasteiger partial charge in [-0.15, -0.1) is 0 Å². The number of rotatable bonds is 5. The lowest BCUT2D eigenvalue weighted by Crippen LogP contribution is -2.39. The maximum Gasteiger partial charge on any atom is 0.252 e. The van der Waals surface area contributed by atoms with Gasteiger partial charge in [-0.05, 0) is 53.1 Å². The highest BCUT2D eigenvalue weighted by molar-refractivity contribution is 14.1. The number of halogens is 2. The average Bonchev–Trinajstić information content (AvgIpc) is 2.31. The molecular formula is C13H17BrINO2. The van der Waals surface area contributed by atoms with Crippen LogP contribution in [0.3, 0.4) is 0 Å². The van der Waals surface area contributed by atoms with Crippen molar-refractivity contribution in [3.63, 3.8) is 0 Å². The van der Waals surface area contributed by atoms with Crippen molar-refractivity contribution in [2.75, 3.05) is 6.61 Å². The van der Waals surface area contributed by atoms with E-state index in [4.69, 9.17) is 5.11 Å². The fraction of sp³-hybridized carbons (Fsp3) is 0.462. The highest BCUT2D eigenvalue weighted by atomic mass is 127. The highest BCUT2D eigenvalue weighted by Gasteiger charge is 2.18. The third kappa shape index (κ3) is 4.51. The Hall–Kier alpha value is -0.140. The van der Waals surface area contributed by atoms with Crippen LogP contribution in [0.4, 0.5) is 0 Å². The minimum Gasteiger partial charge on any atom is -0.396 e. The number of carbonyl (C=O) groups is 1. The second-order valence-electron chi connectivity index (χ2n) is 4.46. The van der Waals surface area contributed by atoms with Gasteiger partial charge in [0.2, 0.25) is 0 Å². The molecule has 18 heavy (non-hydrogen) atoms. The lowest BCUT2D eigenvalue weighted by molar-refractivity contribution is 0.0915. The van der Waals surface area contributed by atoms with Crippen molar-refractivity contribution < 1.29 is 9.90 Å². The van der Waals surface area contributed by atoms with Crippen LogP contribution in [0.25, 0.3) is 0 Å². The van der Waals surface area contributed by atoms with Crippen molar-refractivity contribution in [3.05, 3.63) is 31.8 Å².